The minimum Gasteiger partial charge on any atom is -0.357 e. The molecule has 0 spiro atoms. The molecule has 0 fully saturated rings. The van der Waals surface area contributed by atoms with Gasteiger partial charge in [0.15, 0.2) is 11.6 Å². The molecule has 0 aliphatic carbocycles. The fraction of sp³-hybridized carbons (Fsp3) is 0.643. The van der Waals surface area contributed by atoms with Gasteiger partial charge >= 0.3 is 6.18 Å². The maximum Gasteiger partial charge on any atom is 0.390 e. The van der Waals surface area contributed by atoms with Gasteiger partial charge in [0.2, 0.25) is 0 Å². The van der Waals surface area contributed by atoms with E-state index in [1.807, 2.05) is 13.8 Å². The van der Waals surface area contributed by atoms with E-state index in [4.69, 9.17) is 0 Å². The van der Waals surface area contributed by atoms with Gasteiger partial charge in [-0.25, -0.2) is 9.37 Å². The van der Waals surface area contributed by atoms with Gasteiger partial charge in [0.25, 0.3) is 0 Å². The van der Waals surface area contributed by atoms with Crippen LogP contribution in [0.3, 0.4) is 0 Å². The Morgan fingerprint density at radius 3 is 2.57 bits per heavy atom. The first-order valence-corrected chi connectivity index (χ1v) is 6.82. The van der Waals surface area contributed by atoms with E-state index < -0.39 is 18.4 Å². The predicted molar refractivity (Wildman–Crippen MR) is 74.7 cm³/mol. The minimum atomic E-state index is -4.26. The van der Waals surface area contributed by atoms with Crippen LogP contribution in [0.5, 0.6) is 0 Å². The highest BCUT2D eigenvalue weighted by Gasteiger charge is 2.28. The lowest BCUT2D eigenvalue weighted by atomic mass is 10.2. The molecule has 0 unspecified atom stereocenters. The first kappa shape index (κ1) is 17.7. The third-order valence-electron chi connectivity index (χ3n) is 2.91. The molecule has 1 rings (SSSR count). The van der Waals surface area contributed by atoms with Crippen molar-refractivity contribution in [3.8, 4) is 0 Å². The van der Waals surface area contributed by atoms with E-state index >= 15 is 0 Å². The molecule has 7 heteroatoms. The Morgan fingerprint density at radius 2 is 2.00 bits per heavy atom. The maximum absolute atomic E-state index is 14.2. The van der Waals surface area contributed by atoms with E-state index in [0.717, 1.165) is 6.54 Å². The Hall–Kier alpha value is -1.37. The van der Waals surface area contributed by atoms with Gasteiger partial charge in [-0.3, -0.25) is 0 Å². The lowest BCUT2D eigenvalue weighted by Crippen LogP contribution is -2.26. The van der Waals surface area contributed by atoms with Crippen molar-refractivity contribution < 1.29 is 17.6 Å². The van der Waals surface area contributed by atoms with Crippen LogP contribution in [0.25, 0.3) is 0 Å². The third kappa shape index (κ3) is 6.29. The molecular formula is C14H21F4N3. The summed E-state index contributed by atoms with van der Waals surface area (Å²) in [7, 11) is 1.41. The summed E-state index contributed by atoms with van der Waals surface area (Å²) in [5.74, 6) is -0.189. The van der Waals surface area contributed by atoms with Gasteiger partial charge in [-0.05, 0) is 18.5 Å². The summed E-state index contributed by atoms with van der Waals surface area (Å²) in [4.78, 5) is 5.03. The number of hydrogen-bond acceptors (Lipinski definition) is 3. The first-order valence-electron chi connectivity index (χ1n) is 6.82. The number of hydrogen-bond donors (Lipinski definition) is 1. The van der Waals surface area contributed by atoms with Crippen LogP contribution in [0.2, 0.25) is 0 Å². The molecule has 0 saturated heterocycles. The molecule has 0 aliphatic heterocycles. The summed E-state index contributed by atoms with van der Waals surface area (Å²) in [5, 5.41) is 3.10. The van der Waals surface area contributed by atoms with Crippen molar-refractivity contribution in [1.82, 2.24) is 10.3 Å². The van der Waals surface area contributed by atoms with E-state index in [1.165, 1.54) is 24.2 Å². The van der Waals surface area contributed by atoms with Crippen LogP contribution >= 0.6 is 0 Å². The molecule has 0 aromatic carbocycles. The van der Waals surface area contributed by atoms with E-state index in [0.29, 0.717) is 18.0 Å². The normalized spacial score (nSPS) is 12.0. The predicted octanol–water partition coefficient (Wildman–Crippen LogP) is 3.35. The van der Waals surface area contributed by atoms with Gasteiger partial charge in [-0.2, -0.15) is 13.2 Å². The van der Waals surface area contributed by atoms with Crippen LogP contribution in [0, 0.1) is 11.7 Å². The lowest BCUT2D eigenvalue weighted by Gasteiger charge is -2.20. The van der Waals surface area contributed by atoms with Gasteiger partial charge in [-0.15, -0.1) is 0 Å². The summed E-state index contributed by atoms with van der Waals surface area (Å²) < 4.78 is 50.9. The van der Waals surface area contributed by atoms with Gasteiger partial charge < -0.3 is 10.2 Å². The molecule has 0 atom stereocenters. The quantitative estimate of drug-likeness (QED) is 0.783. The Morgan fingerprint density at radius 1 is 1.33 bits per heavy atom. The third-order valence-corrected chi connectivity index (χ3v) is 2.91. The van der Waals surface area contributed by atoms with Crippen molar-refractivity contribution in [2.24, 2.45) is 5.92 Å². The fourth-order valence-corrected chi connectivity index (χ4v) is 1.77. The molecule has 1 heterocycles. The molecular weight excluding hydrogens is 286 g/mol. The van der Waals surface area contributed by atoms with Crippen molar-refractivity contribution >= 4 is 5.82 Å². The SMILES string of the molecule is CC(C)CNCc1ccnc(N(C)CCC(F)(F)F)c1F. The molecule has 1 aromatic rings. The standard InChI is InChI=1S/C14H21F4N3/c1-10(2)8-19-9-11-4-6-20-13(12(11)15)21(3)7-5-14(16,17)18/h4,6,10,19H,5,7-9H2,1-3H3. The summed E-state index contributed by atoms with van der Waals surface area (Å²) >= 11 is 0. The number of nitrogens with zero attached hydrogens (tertiary/aromatic N) is 2. The molecule has 0 amide bonds. The highest BCUT2D eigenvalue weighted by molar-refractivity contribution is 5.42. The average molecular weight is 307 g/mol. The Labute approximate surface area is 122 Å². The van der Waals surface area contributed by atoms with Crippen LogP contribution in [-0.2, 0) is 6.54 Å². The molecule has 120 valence electrons. The number of anilines is 1. The second-order valence-corrected chi connectivity index (χ2v) is 5.42. The van der Waals surface area contributed by atoms with Gasteiger partial charge in [-0.1, -0.05) is 13.8 Å². The monoisotopic (exact) mass is 307 g/mol. The van der Waals surface area contributed by atoms with E-state index in [1.54, 1.807) is 0 Å². The van der Waals surface area contributed by atoms with Crippen LogP contribution in [0.15, 0.2) is 12.3 Å². The van der Waals surface area contributed by atoms with Crippen molar-refractivity contribution in [1.29, 1.82) is 0 Å². The number of rotatable bonds is 7. The summed E-state index contributed by atoms with van der Waals surface area (Å²) in [6.45, 7) is 4.81. The van der Waals surface area contributed by atoms with E-state index in [9.17, 15) is 17.6 Å². The lowest BCUT2D eigenvalue weighted by molar-refractivity contribution is -0.132. The van der Waals surface area contributed by atoms with Gasteiger partial charge in [0, 0.05) is 31.9 Å². The minimum absolute atomic E-state index is 0.0527. The number of pyridine rings is 1. The Balaban J connectivity index is 2.70. The van der Waals surface area contributed by atoms with Crippen molar-refractivity contribution in [3.63, 3.8) is 0 Å². The van der Waals surface area contributed by atoms with Crippen LogP contribution in [-0.4, -0.2) is 31.3 Å². The van der Waals surface area contributed by atoms with Gasteiger partial charge in [0.1, 0.15) is 0 Å². The maximum atomic E-state index is 14.2. The number of nitrogens with one attached hydrogen (secondary N) is 1. The second kappa shape index (κ2) is 7.59. The molecule has 0 bridgehead atoms. The van der Waals surface area contributed by atoms with Crippen LogP contribution in [0.1, 0.15) is 25.8 Å². The highest BCUT2D eigenvalue weighted by Crippen LogP contribution is 2.23. The summed E-state index contributed by atoms with van der Waals surface area (Å²) in [5.41, 5.74) is 0.402. The zero-order valence-corrected chi connectivity index (χ0v) is 12.5. The van der Waals surface area contributed by atoms with E-state index in [2.05, 4.69) is 10.3 Å². The topological polar surface area (TPSA) is 28.2 Å². The highest BCUT2D eigenvalue weighted by atomic mass is 19.4. The average Bonchev–Trinajstić information content (AvgIpc) is 2.37. The first-order chi connectivity index (χ1) is 9.70. The number of aromatic nitrogens is 1. The molecule has 21 heavy (non-hydrogen) atoms. The molecule has 0 aliphatic rings. The Kier molecular flexibility index (Phi) is 6.39. The van der Waals surface area contributed by atoms with Crippen LogP contribution < -0.4 is 10.2 Å². The molecule has 0 radical (unpaired) electrons. The molecule has 1 N–H and O–H groups in total. The van der Waals surface area contributed by atoms with Gasteiger partial charge in [0.05, 0.1) is 6.42 Å². The van der Waals surface area contributed by atoms with Crippen molar-refractivity contribution in [3.05, 3.63) is 23.6 Å². The molecule has 3 nitrogen and oxygen atoms in total. The smallest absolute Gasteiger partial charge is 0.357 e. The van der Waals surface area contributed by atoms with Crippen molar-refractivity contribution in [2.75, 3.05) is 25.0 Å². The molecule has 0 saturated carbocycles. The Bertz CT molecular complexity index is 446. The zero-order chi connectivity index (χ0) is 16.0. The summed E-state index contributed by atoms with van der Waals surface area (Å²) in [6, 6.07) is 1.53. The number of alkyl halides is 3. The zero-order valence-electron chi connectivity index (χ0n) is 12.5. The summed E-state index contributed by atoms with van der Waals surface area (Å²) in [6.07, 6.45) is -3.85. The van der Waals surface area contributed by atoms with Crippen LogP contribution in [0.4, 0.5) is 23.4 Å². The molecule has 1 aromatic heterocycles. The largest absolute Gasteiger partial charge is 0.390 e. The fourth-order valence-electron chi connectivity index (χ4n) is 1.77. The van der Waals surface area contributed by atoms with Crippen molar-refractivity contribution in [2.45, 2.75) is 33.0 Å². The number of halogens is 4. The van der Waals surface area contributed by atoms with E-state index in [-0.39, 0.29) is 12.4 Å². The second-order valence-electron chi connectivity index (χ2n) is 5.42.